The van der Waals surface area contributed by atoms with Crippen LogP contribution in [0.1, 0.15) is 10.5 Å². The zero-order chi connectivity index (χ0) is 15.4. The number of para-hydroxylation sites is 1. The number of aromatic carboxylic acids is 1. The first-order valence-corrected chi connectivity index (χ1v) is 6.34. The van der Waals surface area contributed by atoms with E-state index in [1.54, 1.807) is 24.3 Å². The second-order valence-electron chi connectivity index (χ2n) is 4.17. The molecule has 2 N–H and O–H groups in total. The molecule has 0 fully saturated rings. The molecule has 0 saturated carbocycles. The number of carbonyl (C=O) groups excluding carboxylic acids is 1. The number of carboxylic acids is 1. The van der Waals surface area contributed by atoms with E-state index in [9.17, 15) is 14.4 Å². The molecule has 7 heteroatoms. The highest BCUT2D eigenvalue weighted by Crippen LogP contribution is 2.20. The summed E-state index contributed by atoms with van der Waals surface area (Å²) in [7, 11) is 0. The van der Waals surface area contributed by atoms with Crippen molar-refractivity contribution < 1.29 is 14.7 Å². The van der Waals surface area contributed by atoms with Crippen molar-refractivity contribution in [3.8, 4) is 0 Å². The van der Waals surface area contributed by atoms with Crippen LogP contribution in [0, 0.1) is 0 Å². The molecule has 0 aliphatic rings. The van der Waals surface area contributed by atoms with E-state index in [0.29, 0.717) is 10.7 Å². The maximum Gasteiger partial charge on any atom is 0.352 e. The van der Waals surface area contributed by atoms with E-state index in [1.165, 1.54) is 18.2 Å². The van der Waals surface area contributed by atoms with E-state index in [4.69, 9.17) is 16.7 Å². The Kier molecular flexibility index (Phi) is 4.39. The molecule has 1 heterocycles. The SMILES string of the molecule is O=C(Cn1c(C(=O)O)cccc1=O)Nc1ccccc1Cl. The van der Waals surface area contributed by atoms with Crippen LogP contribution in [-0.2, 0) is 11.3 Å². The molecule has 1 aromatic carbocycles. The second-order valence-corrected chi connectivity index (χ2v) is 4.58. The number of hydrogen-bond donors (Lipinski definition) is 2. The van der Waals surface area contributed by atoms with Crippen molar-refractivity contribution in [1.29, 1.82) is 0 Å². The summed E-state index contributed by atoms with van der Waals surface area (Å²) in [6.07, 6.45) is 0. The minimum absolute atomic E-state index is 0.253. The van der Waals surface area contributed by atoms with Crippen LogP contribution in [0.5, 0.6) is 0 Å². The van der Waals surface area contributed by atoms with Gasteiger partial charge in [-0.25, -0.2) is 4.79 Å². The van der Waals surface area contributed by atoms with Crippen LogP contribution in [0.15, 0.2) is 47.3 Å². The van der Waals surface area contributed by atoms with Crippen molar-refractivity contribution in [3.05, 3.63) is 63.5 Å². The minimum atomic E-state index is -1.28. The number of nitrogens with one attached hydrogen (secondary N) is 1. The van der Waals surface area contributed by atoms with Gasteiger partial charge in [0.2, 0.25) is 5.91 Å². The number of carbonyl (C=O) groups is 2. The summed E-state index contributed by atoms with van der Waals surface area (Å²) in [4.78, 5) is 34.7. The molecular weight excluding hydrogens is 296 g/mol. The van der Waals surface area contributed by atoms with E-state index in [1.807, 2.05) is 0 Å². The number of anilines is 1. The summed E-state index contributed by atoms with van der Waals surface area (Å²) < 4.78 is 0.883. The van der Waals surface area contributed by atoms with Gasteiger partial charge >= 0.3 is 5.97 Å². The molecule has 21 heavy (non-hydrogen) atoms. The monoisotopic (exact) mass is 306 g/mol. The standard InChI is InChI=1S/C14H11ClN2O4/c15-9-4-1-2-5-10(9)16-12(18)8-17-11(14(20)21)6-3-7-13(17)19/h1-7H,8H2,(H,16,18)(H,20,21). The van der Waals surface area contributed by atoms with Crippen molar-refractivity contribution in [3.63, 3.8) is 0 Å². The van der Waals surface area contributed by atoms with Crippen LogP contribution in [0.4, 0.5) is 5.69 Å². The Morgan fingerprint density at radius 1 is 1.14 bits per heavy atom. The van der Waals surface area contributed by atoms with E-state index < -0.39 is 24.0 Å². The molecule has 0 unspecified atom stereocenters. The predicted molar refractivity (Wildman–Crippen MR) is 77.7 cm³/mol. The van der Waals surface area contributed by atoms with Gasteiger partial charge < -0.3 is 10.4 Å². The zero-order valence-corrected chi connectivity index (χ0v) is 11.5. The fourth-order valence-electron chi connectivity index (χ4n) is 1.77. The third-order valence-corrected chi connectivity index (χ3v) is 3.05. The minimum Gasteiger partial charge on any atom is -0.477 e. The normalized spacial score (nSPS) is 10.1. The molecule has 1 amide bonds. The second kappa shape index (κ2) is 6.23. The van der Waals surface area contributed by atoms with Gasteiger partial charge in [0, 0.05) is 6.07 Å². The van der Waals surface area contributed by atoms with Gasteiger partial charge in [0.05, 0.1) is 10.7 Å². The molecule has 2 aromatic rings. The summed E-state index contributed by atoms with van der Waals surface area (Å²) >= 11 is 5.91. The molecule has 6 nitrogen and oxygen atoms in total. The lowest BCUT2D eigenvalue weighted by molar-refractivity contribution is -0.116. The molecule has 0 aliphatic heterocycles. The van der Waals surface area contributed by atoms with E-state index in [-0.39, 0.29) is 5.69 Å². The first-order valence-electron chi connectivity index (χ1n) is 5.96. The van der Waals surface area contributed by atoms with Gasteiger partial charge in [0.25, 0.3) is 5.56 Å². The van der Waals surface area contributed by atoms with Crippen molar-refractivity contribution in [2.45, 2.75) is 6.54 Å². The number of nitrogens with zero attached hydrogens (tertiary/aromatic N) is 1. The summed E-state index contributed by atoms with van der Waals surface area (Å²) in [5.74, 6) is -1.82. The van der Waals surface area contributed by atoms with Crippen molar-refractivity contribution >= 4 is 29.2 Å². The average molecular weight is 307 g/mol. The van der Waals surface area contributed by atoms with Gasteiger partial charge in [-0.2, -0.15) is 0 Å². The molecular formula is C14H11ClN2O4. The Morgan fingerprint density at radius 3 is 2.52 bits per heavy atom. The van der Waals surface area contributed by atoms with Crippen molar-refractivity contribution in [2.75, 3.05) is 5.32 Å². The number of aromatic nitrogens is 1. The van der Waals surface area contributed by atoms with Crippen LogP contribution < -0.4 is 10.9 Å². The van der Waals surface area contributed by atoms with Crippen molar-refractivity contribution in [1.82, 2.24) is 4.57 Å². The third kappa shape index (κ3) is 3.49. The highest BCUT2D eigenvalue weighted by molar-refractivity contribution is 6.33. The van der Waals surface area contributed by atoms with Crippen LogP contribution in [0.25, 0.3) is 0 Å². The molecule has 0 spiro atoms. The number of hydrogen-bond acceptors (Lipinski definition) is 3. The lowest BCUT2D eigenvalue weighted by Gasteiger charge is -2.10. The Morgan fingerprint density at radius 2 is 1.86 bits per heavy atom. The molecule has 1 aromatic heterocycles. The van der Waals surface area contributed by atoms with Crippen molar-refractivity contribution in [2.24, 2.45) is 0 Å². The Balaban J connectivity index is 2.23. The van der Waals surface area contributed by atoms with Crippen LogP contribution in [-0.4, -0.2) is 21.6 Å². The first kappa shape index (κ1) is 14.8. The number of amides is 1. The van der Waals surface area contributed by atoms with E-state index in [2.05, 4.69) is 5.32 Å². The van der Waals surface area contributed by atoms with Crippen LogP contribution in [0.3, 0.4) is 0 Å². The quantitative estimate of drug-likeness (QED) is 0.902. The summed E-state index contributed by atoms with van der Waals surface area (Å²) in [5.41, 5.74) is -0.425. The topological polar surface area (TPSA) is 88.4 Å². The molecule has 0 aliphatic carbocycles. The molecule has 108 valence electrons. The maximum absolute atomic E-state index is 11.9. The Labute approximate surface area is 124 Å². The highest BCUT2D eigenvalue weighted by Gasteiger charge is 2.14. The fourth-order valence-corrected chi connectivity index (χ4v) is 1.95. The van der Waals surface area contributed by atoms with Gasteiger partial charge in [-0.05, 0) is 18.2 Å². The summed E-state index contributed by atoms with van der Waals surface area (Å²) in [5, 5.41) is 11.9. The number of carboxylic acid groups (broad SMARTS) is 1. The number of benzene rings is 1. The molecule has 0 saturated heterocycles. The van der Waals surface area contributed by atoms with Gasteiger partial charge in [-0.15, -0.1) is 0 Å². The largest absolute Gasteiger partial charge is 0.477 e. The highest BCUT2D eigenvalue weighted by atomic mass is 35.5. The smallest absolute Gasteiger partial charge is 0.352 e. The molecule has 2 rings (SSSR count). The fraction of sp³-hybridized carbons (Fsp3) is 0.0714. The number of rotatable bonds is 4. The first-order chi connectivity index (χ1) is 9.99. The van der Waals surface area contributed by atoms with E-state index >= 15 is 0 Å². The van der Waals surface area contributed by atoms with Crippen LogP contribution >= 0.6 is 11.6 Å². The maximum atomic E-state index is 11.9. The van der Waals surface area contributed by atoms with Crippen LogP contribution in [0.2, 0.25) is 5.02 Å². The average Bonchev–Trinajstić information content (AvgIpc) is 2.43. The van der Waals surface area contributed by atoms with Gasteiger partial charge in [0.1, 0.15) is 12.2 Å². The third-order valence-electron chi connectivity index (χ3n) is 2.72. The lowest BCUT2D eigenvalue weighted by atomic mass is 10.3. The van der Waals surface area contributed by atoms with Gasteiger partial charge in [0.15, 0.2) is 0 Å². The number of halogens is 1. The predicted octanol–water partition coefficient (Wildman–Crippen LogP) is 1.84. The molecule has 0 atom stereocenters. The molecule has 0 radical (unpaired) electrons. The molecule has 0 bridgehead atoms. The Bertz CT molecular complexity index is 755. The van der Waals surface area contributed by atoms with Gasteiger partial charge in [-0.1, -0.05) is 29.8 Å². The summed E-state index contributed by atoms with van der Waals surface area (Å²) in [6.45, 7) is -0.410. The Hall–Kier alpha value is -2.60. The summed E-state index contributed by atoms with van der Waals surface area (Å²) in [6, 6.07) is 10.4. The zero-order valence-electron chi connectivity index (χ0n) is 10.7. The lowest BCUT2D eigenvalue weighted by Crippen LogP contribution is -2.30. The number of pyridine rings is 1. The van der Waals surface area contributed by atoms with E-state index in [0.717, 1.165) is 4.57 Å². The van der Waals surface area contributed by atoms with Gasteiger partial charge in [-0.3, -0.25) is 14.2 Å².